The summed E-state index contributed by atoms with van der Waals surface area (Å²) < 4.78 is 5.05. The number of aromatic nitrogens is 2. The lowest BCUT2D eigenvalue weighted by Crippen LogP contribution is -2.40. The van der Waals surface area contributed by atoms with Gasteiger partial charge in [0.2, 0.25) is 0 Å². The van der Waals surface area contributed by atoms with Crippen molar-refractivity contribution in [3.05, 3.63) is 17.8 Å². The number of hydrogen-bond donors (Lipinski definition) is 1. The smallest absolute Gasteiger partial charge is 0.149 e. The Morgan fingerprint density at radius 1 is 1.62 bits per heavy atom. The van der Waals surface area contributed by atoms with E-state index in [1.807, 2.05) is 6.07 Å². The lowest BCUT2D eigenvalue weighted by molar-refractivity contribution is 0.0209. The van der Waals surface area contributed by atoms with Gasteiger partial charge in [-0.15, -0.1) is 5.10 Å². The van der Waals surface area contributed by atoms with Crippen LogP contribution < -0.4 is 5.32 Å². The van der Waals surface area contributed by atoms with Crippen LogP contribution in [0.25, 0.3) is 0 Å². The Bertz CT molecular complexity index is 286. The minimum Gasteiger partial charge on any atom is -0.377 e. The van der Waals surface area contributed by atoms with Gasteiger partial charge in [-0.25, -0.2) is 0 Å². The van der Waals surface area contributed by atoms with Crippen molar-refractivity contribution in [3.8, 4) is 0 Å². The van der Waals surface area contributed by atoms with E-state index in [9.17, 15) is 0 Å². The van der Waals surface area contributed by atoms with Crippen molar-refractivity contribution in [3.63, 3.8) is 0 Å². The van der Waals surface area contributed by atoms with E-state index < -0.39 is 0 Å². The van der Waals surface area contributed by atoms with Crippen LogP contribution in [0.3, 0.4) is 0 Å². The number of ether oxygens (including phenoxy) is 1. The zero-order chi connectivity index (χ0) is 9.10. The Balaban J connectivity index is 2.01. The minimum atomic E-state index is 0.418. The van der Waals surface area contributed by atoms with Crippen LogP contribution in [0, 0.1) is 0 Å². The number of rotatable bonds is 3. The molecule has 13 heavy (non-hydrogen) atoms. The fraction of sp³-hybridized carbons (Fsp3) is 0.556. The summed E-state index contributed by atoms with van der Waals surface area (Å²) in [4.78, 5) is 0. The molecule has 0 radical (unpaired) electrons. The molecule has 1 saturated heterocycles. The van der Waals surface area contributed by atoms with Crippen molar-refractivity contribution in [2.45, 2.75) is 19.4 Å². The van der Waals surface area contributed by atoms with Gasteiger partial charge in [-0.05, 0) is 18.1 Å². The first-order valence-corrected chi connectivity index (χ1v) is 4.54. The molecule has 4 nitrogen and oxygen atoms in total. The van der Waals surface area contributed by atoms with Crippen LogP contribution in [0.4, 0.5) is 5.82 Å². The van der Waals surface area contributed by atoms with Crippen LogP contribution in [0.1, 0.15) is 12.5 Å². The third-order valence-corrected chi connectivity index (χ3v) is 2.11. The van der Waals surface area contributed by atoms with Crippen LogP contribution >= 0.6 is 0 Å². The Kier molecular flexibility index (Phi) is 2.40. The summed E-state index contributed by atoms with van der Waals surface area (Å²) in [5.41, 5.74) is 1.21. The predicted molar refractivity (Wildman–Crippen MR) is 49.6 cm³/mol. The second kappa shape index (κ2) is 3.70. The molecule has 0 atom stereocenters. The highest BCUT2D eigenvalue weighted by Gasteiger charge is 2.18. The van der Waals surface area contributed by atoms with E-state index in [0.29, 0.717) is 6.04 Å². The lowest BCUT2D eigenvalue weighted by Gasteiger charge is -2.27. The van der Waals surface area contributed by atoms with Crippen molar-refractivity contribution < 1.29 is 4.74 Å². The Morgan fingerprint density at radius 3 is 3.08 bits per heavy atom. The Labute approximate surface area is 77.3 Å². The third kappa shape index (κ3) is 1.95. The van der Waals surface area contributed by atoms with Gasteiger partial charge >= 0.3 is 0 Å². The topological polar surface area (TPSA) is 47.0 Å². The summed E-state index contributed by atoms with van der Waals surface area (Å²) in [6, 6.07) is 2.45. The molecule has 2 rings (SSSR count). The summed E-state index contributed by atoms with van der Waals surface area (Å²) >= 11 is 0. The van der Waals surface area contributed by atoms with E-state index in [1.54, 1.807) is 6.20 Å². The molecule has 0 amide bonds. The van der Waals surface area contributed by atoms with Crippen molar-refractivity contribution in [2.75, 3.05) is 18.5 Å². The third-order valence-electron chi connectivity index (χ3n) is 2.11. The fourth-order valence-corrected chi connectivity index (χ4v) is 1.20. The molecule has 0 aromatic carbocycles. The summed E-state index contributed by atoms with van der Waals surface area (Å²) in [5, 5.41) is 11.2. The van der Waals surface area contributed by atoms with Crippen molar-refractivity contribution in [1.29, 1.82) is 0 Å². The zero-order valence-electron chi connectivity index (χ0n) is 7.66. The standard InChI is InChI=1S/C9H13N3O/c1-2-7-3-9(12-10-4-7)11-8-5-13-6-8/h3-4,8H,2,5-6H2,1H3,(H,11,12). The summed E-state index contributed by atoms with van der Waals surface area (Å²) in [6.45, 7) is 3.66. The van der Waals surface area contributed by atoms with Crippen molar-refractivity contribution in [2.24, 2.45) is 0 Å². The molecule has 1 fully saturated rings. The second-order valence-electron chi connectivity index (χ2n) is 3.18. The average molecular weight is 179 g/mol. The molecule has 1 aromatic heterocycles. The van der Waals surface area contributed by atoms with E-state index in [4.69, 9.17) is 4.74 Å². The molecule has 1 aromatic rings. The highest BCUT2D eigenvalue weighted by molar-refractivity contribution is 5.37. The highest BCUT2D eigenvalue weighted by atomic mass is 16.5. The van der Waals surface area contributed by atoms with Crippen LogP contribution in [0.5, 0.6) is 0 Å². The van der Waals surface area contributed by atoms with Crippen molar-refractivity contribution >= 4 is 5.82 Å². The van der Waals surface area contributed by atoms with Gasteiger partial charge in [0.25, 0.3) is 0 Å². The number of nitrogens with one attached hydrogen (secondary N) is 1. The largest absolute Gasteiger partial charge is 0.377 e. The molecule has 70 valence electrons. The number of hydrogen-bond acceptors (Lipinski definition) is 4. The molecule has 1 aliphatic heterocycles. The first kappa shape index (κ1) is 8.44. The lowest BCUT2D eigenvalue weighted by atomic mass is 10.2. The van der Waals surface area contributed by atoms with Gasteiger partial charge in [0.1, 0.15) is 5.82 Å². The molecule has 0 aliphatic carbocycles. The van der Waals surface area contributed by atoms with Gasteiger partial charge in [-0.2, -0.15) is 5.10 Å². The normalized spacial score (nSPS) is 16.7. The van der Waals surface area contributed by atoms with E-state index in [-0.39, 0.29) is 0 Å². The number of aryl methyl sites for hydroxylation is 1. The molecule has 0 spiro atoms. The van der Waals surface area contributed by atoms with E-state index in [1.165, 1.54) is 5.56 Å². The molecule has 1 aliphatic rings. The first-order valence-electron chi connectivity index (χ1n) is 4.54. The first-order chi connectivity index (χ1) is 6.38. The maximum atomic E-state index is 5.05. The second-order valence-corrected chi connectivity index (χ2v) is 3.18. The molecule has 0 bridgehead atoms. The van der Waals surface area contributed by atoms with Gasteiger partial charge in [-0.3, -0.25) is 0 Å². The zero-order valence-corrected chi connectivity index (χ0v) is 7.66. The summed E-state index contributed by atoms with van der Waals surface area (Å²) in [5.74, 6) is 0.854. The highest BCUT2D eigenvalue weighted by Crippen LogP contribution is 2.10. The molecule has 0 saturated carbocycles. The molecule has 4 heteroatoms. The van der Waals surface area contributed by atoms with Crippen LogP contribution in [0.2, 0.25) is 0 Å². The SMILES string of the molecule is CCc1cnnc(NC2COC2)c1. The van der Waals surface area contributed by atoms with Gasteiger partial charge in [0.05, 0.1) is 25.5 Å². The predicted octanol–water partition coefficient (Wildman–Crippen LogP) is 0.850. The Hall–Kier alpha value is -1.16. The van der Waals surface area contributed by atoms with E-state index in [2.05, 4.69) is 22.4 Å². The van der Waals surface area contributed by atoms with E-state index in [0.717, 1.165) is 25.5 Å². The monoisotopic (exact) mass is 179 g/mol. The maximum Gasteiger partial charge on any atom is 0.149 e. The van der Waals surface area contributed by atoms with Gasteiger partial charge in [0.15, 0.2) is 0 Å². The molecule has 0 unspecified atom stereocenters. The Morgan fingerprint density at radius 2 is 2.46 bits per heavy atom. The molecular weight excluding hydrogens is 166 g/mol. The molecular formula is C9H13N3O. The van der Waals surface area contributed by atoms with Crippen molar-refractivity contribution in [1.82, 2.24) is 10.2 Å². The van der Waals surface area contributed by atoms with Gasteiger partial charge in [0, 0.05) is 0 Å². The summed E-state index contributed by atoms with van der Waals surface area (Å²) in [7, 11) is 0. The van der Waals surface area contributed by atoms with E-state index >= 15 is 0 Å². The minimum absolute atomic E-state index is 0.418. The quantitative estimate of drug-likeness (QED) is 0.747. The average Bonchev–Trinajstić information content (AvgIpc) is 2.12. The summed E-state index contributed by atoms with van der Waals surface area (Å²) in [6.07, 6.45) is 2.79. The number of anilines is 1. The fourth-order valence-electron chi connectivity index (χ4n) is 1.20. The number of nitrogens with zero attached hydrogens (tertiary/aromatic N) is 2. The van der Waals surface area contributed by atoms with Crippen LogP contribution in [-0.2, 0) is 11.2 Å². The van der Waals surface area contributed by atoms with Crippen LogP contribution in [-0.4, -0.2) is 29.5 Å². The molecule has 1 N–H and O–H groups in total. The van der Waals surface area contributed by atoms with Crippen LogP contribution in [0.15, 0.2) is 12.3 Å². The van der Waals surface area contributed by atoms with Gasteiger partial charge < -0.3 is 10.1 Å². The van der Waals surface area contributed by atoms with Gasteiger partial charge in [-0.1, -0.05) is 6.92 Å². The maximum absolute atomic E-state index is 5.05. The molecule has 2 heterocycles.